The van der Waals surface area contributed by atoms with Gasteiger partial charge in [0.05, 0.1) is 5.69 Å². The molecule has 0 saturated carbocycles. The van der Waals surface area contributed by atoms with Gasteiger partial charge in [-0.2, -0.15) is 5.10 Å². The average Bonchev–Trinajstić information content (AvgIpc) is 3.22. The Morgan fingerprint density at radius 1 is 0.935 bits per heavy atom. The van der Waals surface area contributed by atoms with Gasteiger partial charge in [-0.15, -0.1) is 10.2 Å². The molecule has 0 aliphatic rings. The van der Waals surface area contributed by atoms with Gasteiger partial charge in [-0.25, -0.2) is 0 Å². The number of benzene rings is 3. The van der Waals surface area contributed by atoms with Crippen LogP contribution in [0, 0.1) is 0 Å². The van der Waals surface area contributed by atoms with Crippen molar-refractivity contribution in [3.05, 3.63) is 89.4 Å². The first-order valence-corrected chi connectivity index (χ1v) is 11.1. The van der Waals surface area contributed by atoms with E-state index in [1.54, 1.807) is 0 Å². The van der Waals surface area contributed by atoms with E-state index in [9.17, 15) is 4.79 Å². The molecule has 4 aromatic rings. The first-order chi connectivity index (χ1) is 15.1. The highest BCUT2D eigenvalue weighted by Crippen LogP contribution is 2.29. The number of nitrogens with one attached hydrogen (secondary N) is 1. The van der Waals surface area contributed by atoms with Gasteiger partial charge in [-0.3, -0.25) is 14.8 Å². The molecule has 0 unspecified atom stereocenters. The van der Waals surface area contributed by atoms with Crippen molar-refractivity contribution in [3.63, 3.8) is 0 Å². The second-order valence-corrected chi connectivity index (χ2v) is 8.41. The number of halogens is 1. The first-order valence-electron chi connectivity index (χ1n) is 9.46. The van der Waals surface area contributed by atoms with E-state index in [1.807, 2.05) is 89.5 Å². The predicted molar refractivity (Wildman–Crippen MR) is 129 cm³/mol. The van der Waals surface area contributed by atoms with Crippen molar-refractivity contribution in [2.24, 2.45) is 5.10 Å². The predicted octanol–water partition coefficient (Wildman–Crippen LogP) is 5.80. The van der Waals surface area contributed by atoms with Crippen LogP contribution in [0.25, 0.3) is 17.1 Å². The molecule has 0 aliphatic heterocycles. The molecule has 6 nitrogen and oxygen atoms in total. The third-order valence-electron chi connectivity index (χ3n) is 4.30. The minimum atomic E-state index is -0.168. The minimum Gasteiger partial charge on any atom is -0.292 e. The van der Waals surface area contributed by atoms with Crippen LogP contribution in [-0.4, -0.2) is 25.6 Å². The minimum absolute atomic E-state index is 0.168. The van der Waals surface area contributed by atoms with Gasteiger partial charge in [0.1, 0.15) is 0 Å². The number of rotatable bonds is 6. The summed E-state index contributed by atoms with van der Waals surface area (Å²) < 4.78 is 2.89. The summed E-state index contributed by atoms with van der Waals surface area (Å²) in [6.45, 7) is 1.48. The fourth-order valence-corrected chi connectivity index (χ4v) is 3.86. The van der Waals surface area contributed by atoms with E-state index in [1.165, 1.54) is 18.7 Å². The number of nitrogens with zero attached hydrogens (tertiary/aromatic N) is 4. The molecular formula is C23H18BrN5OS. The lowest BCUT2D eigenvalue weighted by Gasteiger charge is -2.10. The van der Waals surface area contributed by atoms with Gasteiger partial charge in [-0.05, 0) is 48.2 Å². The summed E-state index contributed by atoms with van der Waals surface area (Å²) in [5.74, 6) is 0.525. The summed E-state index contributed by atoms with van der Waals surface area (Å²) in [6.07, 6.45) is 0. The highest BCUT2D eigenvalue weighted by atomic mass is 79.9. The zero-order valence-corrected chi connectivity index (χ0v) is 19.0. The number of hydrogen-bond acceptors (Lipinski definition) is 6. The second kappa shape index (κ2) is 9.72. The maximum atomic E-state index is 12.3. The molecule has 1 heterocycles. The molecule has 0 saturated heterocycles. The molecule has 31 heavy (non-hydrogen) atoms. The van der Waals surface area contributed by atoms with Crippen LogP contribution >= 0.6 is 27.7 Å². The van der Waals surface area contributed by atoms with Crippen molar-refractivity contribution in [3.8, 4) is 17.1 Å². The van der Waals surface area contributed by atoms with Crippen LogP contribution in [0.1, 0.15) is 6.92 Å². The molecule has 1 N–H and O–H groups in total. The van der Waals surface area contributed by atoms with E-state index in [0.717, 1.165) is 21.4 Å². The number of hydrogen-bond donors (Lipinski definition) is 1. The van der Waals surface area contributed by atoms with Crippen molar-refractivity contribution in [1.29, 1.82) is 0 Å². The fourth-order valence-electron chi connectivity index (χ4n) is 2.82. The summed E-state index contributed by atoms with van der Waals surface area (Å²) in [5, 5.41) is 13.9. The Morgan fingerprint density at radius 2 is 1.58 bits per heavy atom. The van der Waals surface area contributed by atoms with Crippen LogP contribution in [-0.2, 0) is 4.79 Å². The van der Waals surface area contributed by atoms with Gasteiger partial charge in [0.15, 0.2) is 16.7 Å². The van der Waals surface area contributed by atoms with E-state index >= 15 is 0 Å². The van der Waals surface area contributed by atoms with Crippen LogP contribution in [0.5, 0.6) is 0 Å². The molecule has 0 spiro atoms. The number of hydrazone groups is 1. The van der Waals surface area contributed by atoms with Crippen molar-refractivity contribution in [2.45, 2.75) is 12.1 Å². The lowest BCUT2D eigenvalue weighted by molar-refractivity contribution is -0.110. The topological polar surface area (TPSA) is 72.2 Å². The van der Waals surface area contributed by atoms with Gasteiger partial charge >= 0.3 is 0 Å². The zero-order chi connectivity index (χ0) is 21.6. The first kappa shape index (κ1) is 21.0. The number of aromatic nitrogens is 3. The molecular weight excluding hydrogens is 474 g/mol. The van der Waals surface area contributed by atoms with Crippen LogP contribution in [0.15, 0.2) is 99.7 Å². The smallest absolute Gasteiger partial charge is 0.202 e. The van der Waals surface area contributed by atoms with Gasteiger partial charge in [0.25, 0.3) is 0 Å². The Kier molecular flexibility index (Phi) is 6.59. The van der Waals surface area contributed by atoms with Crippen molar-refractivity contribution >= 4 is 44.2 Å². The third kappa shape index (κ3) is 5.10. The normalized spacial score (nSPS) is 11.4. The Hall–Kier alpha value is -3.23. The zero-order valence-electron chi connectivity index (χ0n) is 16.6. The number of ketones is 1. The molecule has 8 heteroatoms. The number of thioether (sulfide) groups is 1. The molecule has 154 valence electrons. The van der Waals surface area contributed by atoms with Gasteiger partial charge in [0, 0.05) is 22.6 Å². The molecule has 1 aromatic heterocycles. The van der Waals surface area contributed by atoms with E-state index in [4.69, 9.17) is 0 Å². The van der Waals surface area contributed by atoms with Gasteiger partial charge in [0.2, 0.25) is 5.16 Å². The van der Waals surface area contributed by atoms with Crippen molar-refractivity contribution in [2.75, 3.05) is 5.43 Å². The average molecular weight is 492 g/mol. The maximum absolute atomic E-state index is 12.3. The van der Waals surface area contributed by atoms with E-state index < -0.39 is 0 Å². The van der Waals surface area contributed by atoms with Crippen LogP contribution in [0.2, 0.25) is 0 Å². The summed E-state index contributed by atoms with van der Waals surface area (Å²) in [6, 6.07) is 27.2. The monoisotopic (exact) mass is 491 g/mol. The molecule has 4 rings (SSSR count). The molecule has 0 atom stereocenters. The lowest BCUT2D eigenvalue weighted by Crippen LogP contribution is -2.10. The Labute approximate surface area is 192 Å². The highest BCUT2D eigenvalue weighted by molar-refractivity contribution is 9.10. The molecule has 3 aromatic carbocycles. The third-order valence-corrected chi connectivity index (χ3v) is 5.85. The molecule has 0 fully saturated rings. The van der Waals surface area contributed by atoms with E-state index in [2.05, 4.69) is 36.7 Å². The van der Waals surface area contributed by atoms with Crippen molar-refractivity contribution < 1.29 is 4.79 Å². The number of carbonyl (C=O) groups excluding carboxylic acids is 1. The number of Topliss-reactive ketones (excluding diaryl/α,β-unsaturated/α-hetero) is 1. The maximum Gasteiger partial charge on any atom is 0.202 e. The van der Waals surface area contributed by atoms with Crippen LogP contribution in [0.4, 0.5) is 5.69 Å². The Bertz CT molecular complexity index is 1210. The highest BCUT2D eigenvalue weighted by Gasteiger charge is 2.20. The van der Waals surface area contributed by atoms with Crippen molar-refractivity contribution in [1.82, 2.24) is 14.8 Å². The lowest BCUT2D eigenvalue weighted by atomic mass is 10.2. The summed E-state index contributed by atoms with van der Waals surface area (Å²) in [5.41, 5.74) is 5.55. The summed E-state index contributed by atoms with van der Waals surface area (Å²) in [7, 11) is 0. The standard InChI is InChI=1S/C23H18BrN5OS/c1-16(30)22(27-25-19-14-12-18(24)13-15-19)31-23-28-26-21(17-8-4-2-5-9-17)29(23)20-10-6-3-7-11-20/h2-15,25H,1H3. The van der Waals surface area contributed by atoms with Crippen LogP contribution in [0.3, 0.4) is 0 Å². The van der Waals surface area contributed by atoms with E-state index in [0.29, 0.717) is 11.0 Å². The quantitative estimate of drug-likeness (QED) is 0.159. The number of anilines is 1. The van der Waals surface area contributed by atoms with Gasteiger partial charge in [-0.1, -0.05) is 64.5 Å². The fraction of sp³-hybridized carbons (Fsp3) is 0.0435. The summed E-state index contributed by atoms with van der Waals surface area (Å²) >= 11 is 4.58. The summed E-state index contributed by atoms with van der Waals surface area (Å²) in [4.78, 5) is 12.3. The molecule has 0 radical (unpaired) electrons. The molecule has 0 bridgehead atoms. The number of para-hydroxylation sites is 1. The number of carbonyl (C=O) groups is 1. The van der Waals surface area contributed by atoms with E-state index in [-0.39, 0.29) is 10.8 Å². The Balaban J connectivity index is 1.71. The van der Waals surface area contributed by atoms with Gasteiger partial charge < -0.3 is 0 Å². The molecule has 0 aliphatic carbocycles. The molecule has 0 amide bonds. The second-order valence-electron chi connectivity index (χ2n) is 6.54. The SMILES string of the molecule is CC(=O)C(=NNc1ccc(Br)cc1)Sc1nnc(-c2ccccc2)n1-c1ccccc1. The largest absolute Gasteiger partial charge is 0.292 e. The van der Waals surface area contributed by atoms with Crippen LogP contribution < -0.4 is 5.43 Å². The Morgan fingerprint density at radius 3 is 2.23 bits per heavy atom.